The van der Waals surface area contributed by atoms with Crippen molar-refractivity contribution in [2.24, 2.45) is 0 Å². The Morgan fingerprint density at radius 2 is 1.86 bits per heavy atom. The highest BCUT2D eigenvalue weighted by Gasteiger charge is 2.11. The third-order valence-corrected chi connectivity index (χ3v) is 3.16. The quantitative estimate of drug-likeness (QED) is 0.366. The van der Waals surface area contributed by atoms with Crippen LogP contribution in [0, 0.1) is 10.1 Å². The zero-order chi connectivity index (χ0) is 15.1. The SMILES string of the molecule is Nc1ccc(COCCCc2ccccc2)cc1[N+](=O)[O-]. The van der Waals surface area contributed by atoms with Gasteiger partial charge in [0.25, 0.3) is 5.69 Å². The molecule has 0 fully saturated rings. The molecule has 0 aromatic heterocycles. The molecule has 0 aliphatic heterocycles. The number of rotatable bonds is 7. The van der Waals surface area contributed by atoms with Crippen LogP contribution in [0.5, 0.6) is 0 Å². The van der Waals surface area contributed by atoms with Crippen molar-refractivity contribution in [3.8, 4) is 0 Å². The number of nitro benzene ring substituents is 1. The van der Waals surface area contributed by atoms with Crippen LogP contribution in [-0.2, 0) is 17.8 Å². The number of ether oxygens (including phenoxy) is 1. The number of aryl methyl sites for hydroxylation is 1. The van der Waals surface area contributed by atoms with Crippen LogP contribution in [0.25, 0.3) is 0 Å². The lowest BCUT2D eigenvalue weighted by Gasteiger charge is -2.05. The molecule has 21 heavy (non-hydrogen) atoms. The molecule has 0 radical (unpaired) electrons. The highest BCUT2D eigenvalue weighted by molar-refractivity contribution is 5.59. The van der Waals surface area contributed by atoms with E-state index in [9.17, 15) is 10.1 Å². The van der Waals surface area contributed by atoms with Crippen molar-refractivity contribution in [1.82, 2.24) is 0 Å². The van der Waals surface area contributed by atoms with Crippen LogP contribution in [0.3, 0.4) is 0 Å². The molecule has 0 bridgehead atoms. The van der Waals surface area contributed by atoms with E-state index in [2.05, 4.69) is 12.1 Å². The molecule has 0 aliphatic carbocycles. The summed E-state index contributed by atoms with van der Waals surface area (Å²) >= 11 is 0. The van der Waals surface area contributed by atoms with Crippen molar-refractivity contribution in [3.63, 3.8) is 0 Å². The van der Waals surface area contributed by atoms with E-state index in [0.717, 1.165) is 18.4 Å². The number of benzene rings is 2. The molecule has 5 nitrogen and oxygen atoms in total. The molecule has 0 unspecified atom stereocenters. The van der Waals surface area contributed by atoms with Crippen LogP contribution in [0.4, 0.5) is 11.4 Å². The topological polar surface area (TPSA) is 78.4 Å². The van der Waals surface area contributed by atoms with E-state index in [0.29, 0.717) is 13.2 Å². The van der Waals surface area contributed by atoms with Crippen molar-refractivity contribution in [1.29, 1.82) is 0 Å². The third kappa shape index (κ3) is 4.57. The summed E-state index contributed by atoms with van der Waals surface area (Å²) in [4.78, 5) is 10.3. The highest BCUT2D eigenvalue weighted by Crippen LogP contribution is 2.22. The second-order valence-corrected chi connectivity index (χ2v) is 4.79. The van der Waals surface area contributed by atoms with Crippen LogP contribution in [0.15, 0.2) is 48.5 Å². The first kappa shape index (κ1) is 15.0. The molecule has 0 atom stereocenters. The Kier molecular flexibility index (Phi) is 5.29. The summed E-state index contributed by atoms with van der Waals surface area (Å²) in [6.45, 7) is 0.975. The first-order valence-electron chi connectivity index (χ1n) is 6.81. The first-order valence-corrected chi connectivity index (χ1v) is 6.81. The second-order valence-electron chi connectivity index (χ2n) is 4.79. The van der Waals surface area contributed by atoms with Crippen molar-refractivity contribution in [2.45, 2.75) is 19.4 Å². The van der Waals surface area contributed by atoms with Crippen LogP contribution >= 0.6 is 0 Å². The number of hydrogen-bond donors (Lipinski definition) is 1. The standard InChI is InChI=1S/C16H18N2O3/c17-15-9-8-14(11-16(15)18(19)20)12-21-10-4-7-13-5-2-1-3-6-13/h1-3,5-6,8-9,11H,4,7,10,12,17H2. The van der Waals surface area contributed by atoms with E-state index < -0.39 is 4.92 Å². The fourth-order valence-electron chi connectivity index (χ4n) is 2.05. The van der Waals surface area contributed by atoms with Gasteiger partial charge in [-0.15, -0.1) is 0 Å². The Morgan fingerprint density at radius 1 is 1.10 bits per heavy atom. The van der Waals surface area contributed by atoms with Gasteiger partial charge in [-0.25, -0.2) is 0 Å². The van der Waals surface area contributed by atoms with Gasteiger partial charge in [-0.1, -0.05) is 36.4 Å². The minimum Gasteiger partial charge on any atom is -0.393 e. The summed E-state index contributed by atoms with van der Waals surface area (Å²) in [6.07, 6.45) is 1.88. The summed E-state index contributed by atoms with van der Waals surface area (Å²) in [5, 5.41) is 10.8. The van der Waals surface area contributed by atoms with Gasteiger partial charge in [0.05, 0.1) is 11.5 Å². The summed E-state index contributed by atoms with van der Waals surface area (Å²) < 4.78 is 5.55. The maximum absolute atomic E-state index is 10.8. The Balaban J connectivity index is 1.76. The lowest BCUT2D eigenvalue weighted by Crippen LogP contribution is -2.00. The monoisotopic (exact) mass is 286 g/mol. The molecule has 2 aromatic carbocycles. The molecule has 2 rings (SSSR count). The Morgan fingerprint density at radius 3 is 2.57 bits per heavy atom. The van der Waals surface area contributed by atoms with Gasteiger partial charge in [0.15, 0.2) is 0 Å². The normalized spacial score (nSPS) is 10.5. The summed E-state index contributed by atoms with van der Waals surface area (Å²) in [7, 11) is 0. The lowest BCUT2D eigenvalue weighted by molar-refractivity contribution is -0.384. The molecule has 0 aliphatic rings. The zero-order valence-electron chi connectivity index (χ0n) is 11.7. The van der Waals surface area contributed by atoms with Gasteiger partial charge in [-0.05, 0) is 30.0 Å². The summed E-state index contributed by atoms with van der Waals surface area (Å²) in [5.41, 5.74) is 7.69. The molecular weight excluding hydrogens is 268 g/mol. The Hall–Kier alpha value is -2.40. The van der Waals surface area contributed by atoms with E-state index >= 15 is 0 Å². The van der Waals surface area contributed by atoms with Gasteiger partial charge >= 0.3 is 0 Å². The van der Waals surface area contributed by atoms with E-state index in [1.165, 1.54) is 11.6 Å². The molecule has 2 aromatic rings. The van der Waals surface area contributed by atoms with Crippen molar-refractivity contribution in [2.75, 3.05) is 12.3 Å². The fraction of sp³-hybridized carbons (Fsp3) is 0.250. The maximum Gasteiger partial charge on any atom is 0.292 e. The fourth-order valence-corrected chi connectivity index (χ4v) is 2.05. The third-order valence-electron chi connectivity index (χ3n) is 3.16. The number of nitrogens with two attached hydrogens (primary N) is 1. The van der Waals surface area contributed by atoms with Gasteiger partial charge in [-0.3, -0.25) is 10.1 Å². The van der Waals surface area contributed by atoms with Crippen molar-refractivity contribution in [3.05, 3.63) is 69.8 Å². The van der Waals surface area contributed by atoms with Crippen LogP contribution in [0.2, 0.25) is 0 Å². The Bertz CT molecular complexity index is 600. The minimum atomic E-state index is -0.478. The van der Waals surface area contributed by atoms with E-state index in [1.807, 2.05) is 18.2 Å². The first-order chi connectivity index (χ1) is 10.2. The number of nitro groups is 1. The number of nitrogen functional groups attached to an aromatic ring is 1. The maximum atomic E-state index is 10.8. The highest BCUT2D eigenvalue weighted by atomic mass is 16.6. The van der Waals surface area contributed by atoms with Crippen molar-refractivity contribution < 1.29 is 9.66 Å². The van der Waals surface area contributed by atoms with Crippen LogP contribution in [0.1, 0.15) is 17.5 Å². The van der Waals surface area contributed by atoms with Gasteiger partial charge in [0.1, 0.15) is 5.69 Å². The van der Waals surface area contributed by atoms with E-state index in [-0.39, 0.29) is 11.4 Å². The zero-order valence-corrected chi connectivity index (χ0v) is 11.7. The second kappa shape index (κ2) is 7.40. The predicted molar refractivity (Wildman–Crippen MR) is 81.9 cm³/mol. The molecule has 0 amide bonds. The average molecular weight is 286 g/mol. The lowest BCUT2D eigenvalue weighted by atomic mass is 10.1. The Labute approximate surface area is 123 Å². The molecule has 0 heterocycles. The summed E-state index contributed by atoms with van der Waals surface area (Å²) in [5.74, 6) is 0. The van der Waals surface area contributed by atoms with Gasteiger partial charge in [-0.2, -0.15) is 0 Å². The largest absolute Gasteiger partial charge is 0.393 e. The number of hydrogen-bond acceptors (Lipinski definition) is 4. The average Bonchev–Trinajstić information content (AvgIpc) is 2.49. The number of nitrogens with zero attached hydrogens (tertiary/aromatic N) is 1. The summed E-state index contributed by atoms with van der Waals surface area (Å²) in [6, 6.07) is 15.0. The van der Waals surface area contributed by atoms with E-state index in [4.69, 9.17) is 10.5 Å². The molecule has 110 valence electrons. The van der Waals surface area contributed by atoms with Gasteiger partial charge in [0, 0.05) is 12.7 Å². The minimum absolute atomic E-state index is 0.0691. The molecule has 5 heteroatoms. The van der Waals surface area contributed by atoms with Gasteiger partial charge < -0.3 is 10.5 Å². The molecule has 0 saturated heterocycles. The molecule has 2 N–H and O–H groups in total. The molecular formula is C16H18N2O3. The molecule has 0 saturated carbocycles. The van der Waals surface area contributed by atoms with Crippen molar-refractivity contribution >= 4 is 11.4 Å². The van der Waals surface area contributed by atoms with Crippen LogP contribution in [-0.4, -0.2) is 11.5 Å². The predicted octanol–water partition coefficient (Wildman–Crippen LogP) is 3.33. The smallest absolute Gasteiger partial charge is 0.292 e. The van der Waals surface area contributed by atoms with Gasteiger partial charge in [0.2, 0.25) is 0 Å². The number of anilines is 1. The van der Waals surface area contributed by atoms with E-state index in [1.54, 1.807) is 12.1 Å². The molecule has 0 spiro atoms. The van der Waals surface area contributed by atoms with Crippen LogP contribution < -0.4 is 5.73 Å².